The second-order valence-corrected chi connectivity index (χ2v) is 13.8. The van der Waals surface area contributed by atoms with Crippen molar-refractivity contribution < 1.29 is 0 Å². The summed E-state index contributed by atoms with van der Waals surface area (Å²) in [6, 6.07) is 40.4. The number of rotatable bonds is 15. The molecule has 0 fully saturated rings. The van der Waals surface area contributed by atoms with Crippen LogP contribution in [0.1, 0.15) is 82.8 Å². The Morgan fingerprint density at radius 1 is 0.500 bits per heavy atom. The molecule has 0 amide bonds. The zero-order valence-electron chi connectivity index (χ0n) is 27.8. The lowest BCUT2D eigenvalue weighted by Crippen LogP contribution is -2.24. The summed E-state index contributed by atoms with van der Waals surface area (Å²) in [5.74, 6) is 0. The molecule has 46 heavy (non-hydrogen) atoms. The van der Waals surface area contributed by atoms with Crippen molar-refractivity contribution in [3.8, 4) is 0 Å². The summed E-state index contributed by atoms with van der Waals surface area (Å²) in [4.78, 5) is 6.48. The molecular formula is C44H48N2. The monoisotopic (exact) mass is 604 g/mol. The van der Waals surface area contributed by atoms with E-state index in [1.54, 1.807) is 0 Å². The van der Waals surface area contributed by atoms with E-state index in [2.05, 4.69) is 133 Å². The van der Waals surface area contributed by atoms with Gasteiger partial charge in [-0.15, -0.1) is 0 Å². The minimum Gasteiger partial charge on any atom is -0.311 e. The third-order valence-electron chi connectivity index (χ3n) is 9.84. The highest BCUT2D eigenvalue weighted by Gasteiger charge is 2.21. The molecule has 6 aromatic carbocycles. The average molecular weight is 605 g/mol. The molecule has 0 bridgehead atoms. The lowest BCUT2D eigenvalue weighted by atomic mass is 9.94. The van der Waals surface area contributed by atoms with Gasteiger partial charge in [0.05, 0.1) is 0 Å². The third kappa shape index (κ3) is 7.60. The summed E-state index contributed by atoms with van der Waals surface area (Å²) in [5, 5.41) is 10.8. The van der Waals surface area contributed by atoms with Gasteiger partial charge in [-0.1, -0.05) is 136 Å². The lowest BCUT2D eigenvalue weighted by Gasteiger charge is -2.26. The zero-order valence-corrected chi connectivity index (χ0v) is 27.8. The van der Waals surface area contributed by atoms with Gasteiger partial charge in [0.15, 0.2) is 0 Å². The van der Waals surface area contributed by atoms with E-state index in [0.29, 0.717) is 0 Å². The number of hydrogen-bond acceptors (Lipinski definition) is 1. The van der Waals surface area contributed by atoms with Crippen molar-refractivity contribution in [2.24, 2.45) is 0 Å². The molecule has 0 unspecified atom stereocenters. The van der Waals surface area contributed by atoms with Gasteiger partial charge in [-0.05, 0) is 85.7 Å². The van der Waals surface area contributed by atoms with Gasteiger partial charge >= 0.3 is 0 Å². The van der Waals surface area contributed by atoms with E-state index >= 15 is 0 Å². The topological polar surface area (TPSA) is 7.60 Å². The Balaban J connectivity index is 1.21. The van der Waals surface area contributed by atoms with Gasteiger partial charge in [0.25, 0.3) is 0 Å². The van der Waals surface area contributed by atoms with Gasteiger partial charge in [-0.2, -0.15) is 0 Å². The fraction of sp³-hybridized carbons (Fsp3) is 0.341. The van der Waals surface area contributed by atoms with E-state index < -0.39 is 0 Å². The molecule has 0 N–H and O–H groups in total. The molecule has 0 aliphatic carbocycles. The average Bonchev–Trinajstić information content (AvgIpc) is 3.08. The maximum Gasteiger partial charge on any atom is 0.227 e. The standard InChI is InChI=1S/C44H48N2/c1-44(2,45-3)28-18-8-6-4-5-7-9-19-29-46(32-42-38-24-14-10-20-34(38)30-35-21-11-15-25-39(35)42)33-43-40-26-16-12-22-36(40)31-37-23-13-17-27-41(37)43/h10-17,20-27,30-31H,4-9,18-19,28-29,32-33H2,1-2H3. The summed E-state index contributed by atoms with van der Waals surface area (Å²) in [5.41, 5.74) is 2.70. The summed E-state index contributed by atoms with van der Waals surface area (Å²) < 4.78 is 0. The Morgan fingerprint density at radius 3 is 1.24 bits per heavy atom. The fourth-order valence-electron chi connectivity index (χ4n) is 7.23. The van der Waals surface area contributed by atoms with Crippen molar-refractivity contribution in [3.63, 3.8) is 0 Å². The quantitative estimate of drug-likeness (QED) is 0.0643. The van der Waals surface area contributed by atoms with Crippen molar-refractivity contribution in [1.82, 2.24) is 4.90 Å². The van der Waals surface area contributed by atoms with Gasteiger partial charge in [0, 0.05) is 33.4 Å². The zero-order chi connectivity index (χ0) is 31.8. The van der Waals surface area contributed by atoms with Gasteiger partial charge in [-0.25, -0.2) is 6.57 Å². The van der Waals surface area contributed by atoms with Gasteiger partial charge < -0.3 is 4.85 Å². The summed E-state index contributed by atoms with van der Waals surface area (Å²) in [6.07, 6.45) is 11.2. The van der Waals surface area contributed by atoms with Crippen molar-refractivity contribution in [2.45, 2.75) is 90.3 Å². The number of benzene rings is 6. The molecule has 0 saturated heterocycles. The minimum atomic E-state index is -0.192. The van der Waals surface area contributed by atoms with E-state index in [0.717, 1.165) is 26.1 Å². The van der Waals surface area contributed by atoms with Crippen LogP contribution in [0.2, 0.25) is 0 Å². The van der Waals surface area contributed by atoms with Gasteiger partial charge in [0.1, 0.15) is 0 Å². The number of hydrogen-bond donors (Lipinski definition) is 0. The van der Waals surface area contributed by atoms with E-state index in [1.165, 1.54) is 106 Å². The highest BCUT2D eigenvalue weighted by Crippen LogP contribution is 2.33. The molecule has 6 rings (SSSR count). The molecule has 2 nitrogen and oxygen atoms in total. The molecule has 0 saturated carbocycles. The Kier molecular flexibility index (Phi) is 10.3. The first-order valence-electron chi connectivity index (χ1n) is 17.4. The molecule has 0 atom stereocenters. The first kappa shape index (κ1) is 31.8. The molecule has 0 aromatic heterocycles. The van der Waals surface area contributed by atoms with Crippen LogP contribution >= 0.6 is 0 Å². The highest BCUT2D eigenvalue weighted by atomic mass is 15.1. The molecule has 234 valence electrons. The van der Waals surface area contributed by atoms with Crippen molar-refractivity contribution in [2.75, 3.05) is 6.54 Å². The lowest BCUT2D eigenvalue weighted by molar-refractivity contribution is 0.253. The number of fused-ring (bicyclic) bond motifs is 4. The second-order valence-electron chi connectivity index (χ2n) is 13.8. The van der Waals surface area contributed by atoms with Crippen LogP contribution in [0.4, 0.5) is 0 Å². The molecule has 0 heterocycles. The predicted octanol–water partition coefficient (Wildman–Crippen LogP) is 12.5. The minimum absolute atomic E-state index is 0.192. The summed E-state index contributed by atoms with van der Waals surface area (Å²) in [6.45, 7) is 14.4. The van der Waals surface area contributed by atoms with E-state index in [1.807, 2.05) is 0 Å². The maximum atomic E-state index is 7.34. The smallest absolute Gasteiger partial charge is 0.227 e. The highest BCUT2D eigenvalue weighted by molar-refractivity contribution is 6.03. The van der Waals surface area contributed by atoms with E-state index in [9.17, 15) is 0 Å². The summed E-state index contributed by atoms with van der Waals surface area (Å²) >= 11 is 0. The molecular weight excluding hydrogens is 556 g/mol. The van der Waals surface area contributed by atoms with Crippen LogP contribution in [0.15, 0.2) is 109 Å². The Labute approximate surface area is 275 Å². The van der Waals surface area contributed by atoms with Crippen LogP contribution in [0.5, 0.6) is 0 Å². The van der Waals surface area contributed by atoms with Crippen LogP contribution in [-0.4, -0.2) is 17.0 Å². The Hall–Kier alpha value is -4.19. The number of nitrogens with zero attached hydrogens (tertiary/aromatic N) is 2. The molecule has 0 aliphatic rings. The Morgan fingerprint density at radius 2 is 0.848 bits per heavy atom. The molecule has 2 heteroatoms. The summed E-state index contributed by atoms with van der Waals surface area (Å²) in [7, 11) is 0. The first-order valence-corrected chi connectivity index (χ1v) is 17.4. The molecule has 0 radical (unpaired) electrons. The van der Waals surface area contributed by atoms with Gasteiger partial charge in [0.2, 0.25) is 5.54 Å². The molecule has 0 aliphatic heterocycles. The second kappa shape index (κ2) is 14.9. The number of unbranched alkanes of at least 4 members (excludes halogenated alkanes) is 7. The largest absolute Gasteiger partial charge is 0.311 e. The third-order valence-corrected chi connectivity index (χ3v) is 9.84. The first-order chi connectivity index (χ1) is 22.5. The molecule has 0 spiro atoms. The van der Waals surface area contributed by atoms with Crippen LogP contribution in [0.3, 0.4) is 0 Å². The van der Waals surface area contributed by atoms with Gasteiger partial charge in [-0.3, -0.25) is 4.90 Å². The predicted molar refractivity (Wildman–Crippen MR) is 199 cm³/mol. The normalized spacial score (nSPS) is 12.0. The SMILES string of the molecule is [C-]#[N+]C(C)(C)CCCCCCCCCCN(Cc1c2ccccc2cc2ccccc12)Cc1c2ccccc2cc2ccccc12. The van der Waals surface area contributed by atoms with E-state index in [-0.39, 0.29) is 5.54 Å². The van der Waals surface area contributed by atoms with Crippen molar-refractivity contribution in [1.29, 1.82) is 0 Å². The van der Waals surface area contributed by atoms with Crippen molar-refractivity contribution >= 4 is 43.1 Å². The fourth-order valence-corrected chi connectivity index (χ4v) is 7.23. The van der Waals surface area contributed by atoms with Crippen LogP contribution in [0, 0.1) is 6.57 Å². The van der Waals surface area contributed by atoms with Crippen LogP contribution < -0.4 is 0 Å². The maximum absolute atomic E-state index is 7.34. The van der Waals surface area contributed by atoms with Crippen LogP contribution in [-0.2, 0) is 13.1 Å². The van der Waals surface area contributed by atoms with Crippen LogP contribution in [0.25, 0.3) is 47.9 Å². The molecule has 6 aromatic rings. The Bertz CT molecular complexity index is 1730. The van der Waals surface area contributed by atoms with E-state index in [4.69, 9.17) is 6.57 Å². The van der Waals surface area contributed by atoms with Crippen molar-refractivity contribution in [3.05, 3.63) is 132 Å².